The normalized spacial score (nSPS) is 12.6. The van der Waals surface area contributed by atoms with Crippen LogP contribution in [-0.2, 0) is 6.54 Å². The average Bonchev–Trinajstić information content (AvgIpc) is 3.20. The number of ether oxygens (including phenoxy) is 2. The number of aromatic nitrogens is 1. The van der Waals surface area contributed by atoms with Gasteiger partial charge in [0.1, 0.15) is 0 Å². The molecule has 0 bridgehead atoms. The summed E-state index contributed by atoms with van der Waals surface area (Å²) in [6, 6.07) is 13.3. The van der Waals surface area contributed by atoms with E-state index < -0.39 is 0 Å². The quantitative estimate of drug-likeness (QED) is 0.808. The summed E-state index contributed by atoms with van der Waals surface area (Å²) in [5, 5.41) is 1.14. The highest BCUT2D eigenvalue weighted by Gasteiger charge is 2.19. The van der Waals surface area contributed by atoms with Gasteiger partial charge >= 0.3 is 0 Å². The molecule has 2 heterocycles. The monoisotopic (exact) mass is 308 g/mol. The molecule has 5 heteroatoms. The van der Waals surface area contributed by atoms with E-state index >= 15 is 0 Å². The summed E-state index contributed by atoms with van der Waals surface area (Å²) in [5.74, 6) is 1.26. The molecule has 1 amide bonds. The van der Waals surface area contributed by atoms with Gasteiger partial charge in [0, 0.05) is 36.3 Å². The van der Waals surface area contributed by atoms with Crippen molar-refractivity contribution in [2.45, 2.75) is 6.54 Å². The Bertz CT molecular complexity index is 885. The molecule has 0 fully saturated rings. The summed E-state index contributed by atoms with van der Waals surface area (Å²) in [6.45, 7) is 0.745. The fraction of sp³-hybridized carbons (Fsp3) is 0.167. The number of benzene rings is 2. The van der Waals surface area contributed by atoms with Crippen LogP contribution in [0, 0.1) is 0 Å². The average molecular weight is 308 g/mol. The smallest absolute Gasteiger partial charge is 0.254 e. The van der Waals surface area contributed by atoms with Gasteiger partial charge in [-0.25, -0.2) is 0 Å². The van der Waals surface area contributed by atoms with Crippen LogP contribution in [0.25, 0.3) is 10.9 Å². The van der Waals surface area contributed by atoms with Crippen molar-refractivity contribution in [2.75, 3.05) is 13.8 Å². The van der Waals surface area contributed by atoms with Crippen molar-refractivity contribution >= 4 is 16.8 Å². The molecule has 5 nitrogen and oxygen atoms in total. The molecule has 0 unspecified atom stereocenters. The molecule has 3 aromatic rings. The van der Waals surface area contributed by atoms with Gasteiger partial charge in [-0.3, -0.25) is 4.79 Å². The molecule has 116 valence electrons. The van der Waals surface area contributed by atoms with Gasteiger partial charge in [-0.05, 0) is 29.8 Å². The van der Waals surface area contributed by atoms with E-state index in [-0.39, 0.29) is 12.7 Å². The van der Waals surface area contributed by atoms with Gasteiger partial charge in [-0.1, -0.05) is 18.2 Å². The molecule has 4 rings (SSSR count). The van der Waals surface area contributed by atoms with E-state index in [1.54, 1.807) is 30.1 Å². The number of hydrogen-bond acceptors (Lipinski definition) is 3. The Hall–Kier alpha value is -2.95. The SMILES string of the molecule is CN(Cc1c[nH]c2ccccc12)C(=O)c1ccc2c(c1)OCO2. The highest BCUT2D eigenvalue weighted by molar-refractivity contribution is 5.95. The summed E-state index contributed by atoms with van der Waals surface area (Å²) in [7, 11) is 1.80. The maximum atomic E-state index is 12.6. The van der Waals surface area contributed by atoms with Gasteiger partial charge < -0.3 is 19.4 Å². The second-order valence-electron chi connectivity index (χ2n) is 5.59. The minimum atomic E-state index is -0.0476. The first-order valence-electron chi connectivity index (χ1n) is 7.42. The van der Waals surface area contributed by atoms with Crippen LogP contribution in [0.5, 0.6) is 11.5 Å². The number of H-pyrrole nitrogens is 1. The van der Waals surface area contributed by atoms with E-state index in [0.29, 0.717) is 23.6 Å². The van der Waals surface area contributed by atoms with Crippen LogP contribution in [0.1, 0.15) is 15.9 Å². The predicted octanol–water partition coefficient (Wildman–Crippen LogP) is 3.17. The standard InChI is InChI=1S/C18H16N2O3/c1-20(10-13-9-19-15-5-3-2-4-14(13)15)18(21)12-6-7-16-17(8-12)23-11-22-16/h2-9,19H,10-11H2,1H3. The van der Waals surface area contributed by atoms with Crippen LogP contribution in [0.3, 0.4) is 0 Å². The van der Waals surface area contributed by atoms with Crippen molar-refractivity contribution in [1.82, 2.24) is 9.88 Å². The minimum Gasteiger partial charge on any atom is -0.454 e. The van der Waals surface area contributed by atoms with Crippen molar-refractivity contribution in [1.29, 1.82) is 0 Å². The maximum Gasteiger partial charge on any atom is 0.254 e. The molecule has 2 aromatic carbocycles. The Kier molecular flexibility index (Phi) is 3.19. The Morgan fingerprint density at radius 3 is 2.91 bits per heavy atom. The fourth-order valence-electron chi connectivity index (χ4n) is 2.84. The van der Waals surface area contributed by atoms with Gasteiger partial charge in [-0.2, -0.15) is 0 Å². The molecule has 1 aliphatic heterocycles. The van der Waals surface area contributed by atoms with Crippen LogP contribution in [0.2, 0.25) is 0 Å². The molecule has 1 aliphatic rings. The molecule has 23 heavy (non-hydrogen) atoms. The van der Waals surface area contributed by atoms with Crippen LogP contribution in [0.15, 0.2) is 48.7 Å². The third kappa shape index (κ3) is 2.40. The van der Waals surface area contributed by atoms with Gasteiger partial charge in [0.25, 0.3) is 5.91 Å². The van der Waals surface area contributed by atoms with Crippen molar-refractivity contribution in [3.8, 4) is 11.5 Å². The number of fused-ring (bicyclic) bond motifs is 2. The number of amides is 1. The Morgan fingerprint density at radius 1 is 1.17 bits per heavy atom. The lowest BCUT2D eigenvalue weighted by molar-refractivity contribution is 0.0785. The largest absolute Gasteiger partial charge is 0.454 e. The zero-order valence-electron chi connectivity index (χ0n) is 12.7. The number of para-hydroxylation sites is 1. The third-order valence-electron chi connectivity index (χ3n) is 4.05. The van der Waals surface area contributed by atoms with Crippen molar-refractivity contribution in [3.63, 3.8) is 0 Å². The van der Waals surface area contributed by atoms with Crippen molar-refractivity contribution in [2.24, 2.45) is 0 Å². The molecule has 1 aromatic heterocycles. The summed E-state index contributed by atoms with van der Waals surface area (Å²) < 4.78 is 10.6. The van der Waals surface area contributed by atoms with Gasteiger partial charge in [0.15, 0.2) is 11.5 Å². The molecule has 0 aliphatic carbocycles. The van der Waals surface area contributed by atoms with Crippen LogP contribution in [-0.4, -0.2) is 29.6 Å². The molecule has 0 saturated heterocycles. The summed E-state index contributed by atoms with van der Waals surface area (Å²) >= 11 is 0. The number of rotatable bonds is 3. The lowest BCUT2D eigenvalue weighted by Gasteiger charge is -2.17. The Balaban J connectivity index is 1.56. The lowest BCUT2D eigenvalue weighted by Crippen LogP contribution is -2.26. The molecular weight excluding hydrogens is 292 g/mol. The maximum absolute atomic E-state index is 12.6. The summed E-state index contributed by atoms with van der Waals surface area (Å²) in [5.41, 5.74) is 2.76. The molecule has 0 spiro atoms. The first-order chi connectivity index (χ1) is 11.2. The number of nitrogens with one attached hydrogen (secondary N) is 1. The second-order valence-corrected chi connectivity index (χ2v) is 5.59. The van der Waals surface area contributed by atoms with E-state index in [1.807, 2.05) is 24.4 Å². The summed E-state index contributed by atoms with van der Waals surface area (Å²) in [6.07, 6.45) is 1.95. The van der Waals surface area contributed by atoms with E-state index in [1.165, 1.54) is 0 Å². The van der Waals surface area contributed by atoms with E-state index in [4.69, 9.17) is 9.47 Å². The fourth-order valence-corrected chi connectivity index (χ4v) is 2.84. The Morgan fingerprint density at radius 2 is 2.00 bits per heavy atom. The molecule has 0 radical (unpaired) electrons. The molecule has 1 N–H and O–H groups in total. The number of hydrogen-bond donors (Lipinski definition) is 1. The van der Waals surface area contributed by atoms with Crippen molar-refractivity contribution in [3.05, 3.63) is 59.8 Å². The van der Waals surface area contributed by atoms with E-state index in [9.17, 15) is 4.79 Å². The highest BCUT2D eigenvalue weighted by Crippen LogP contribution is 2.32. The van der Waals surface area contributed by atoms with Gasteiger partial charge in [-0.15, -0.1) is 0 Å². The zero-order chi connectivity index (χ0) is 15.8. The van der Waals surface area contributed by atoms with Gasteiger partial charge in [0.05, 0.1) is 0 Å². The lowest BCUT2D eigenvalue weighted by atomic mass is 10.1. The first-order valence-corrected chi connectivity index (χ1v) is 7.42. The van der Waals surface area contributed by atoms with E-state index in [2.05, 4.69) is 11.1 Å². The highest BCUT2D eigenvalue weighted by atomic mass is 16.7. The minimum absolute atomic E-state index is 0.0476. The topological polar surface area (TPSA) is 54.6 Å². The number of nitrogens with zero attached hydrogens (tertiary/aromatic N) is 1. The van der Waals surface area contributed by atoms with Crippen LogP contribution >= 0.6 is 0 Å². The van der Waals surface area contributed by atoms with Crippen LogP contribution < -0.4 is 9.47 Å². The van der Waals surface area contributed by atoms with Crippen molar-refractivity contribution < 1.29 is 14.3 Å². The van der Waals surface area contributed by atoms with Gasteiger partial charge in [0.2, 0.25) is 6.79 Å². The first kappa shape index (κ1) is 13.7. The molecular formula is C18H16N2O3. The molecule has 0 atom stereocenters. The zero-order valence-corrected chi connectivity index (χ0v) is 12.7. The number of aromatic amines is 1. The summed E-state index contributed by atoms with van der Waals surface area (Å²) in [4.78, 5) is 17.6. The van der Waals surface area contributed by atoms with Crippen LogP contribution in [0.4, 0.5) is 0 Å². The number of carbonyl (C=O) groups excluding carboxylic acids is 1. The predicted molar refractivity (Wildman–Crippen MR) is 86.7 cm³/mol. The third-order valence-corrected chi connectivity index (χ3v) is 4.05. The second kappa shape index (κ2) is 5.35. The number of carbonyl (C=O) groups is 1. The Labute approximate surface area is 133 Å². The molecule has 0 saturated carbocycles. The van der Waals surface area contributed by atoms with E-state index in [0.717, 1.165) is 16.5 Å².